The van der Waals surface area contributed by atoms with E-state index in [0.29, 0.717) is 17.8 Å². The summed E-state index contributed by atoms with van der Waals surface area (Å²) in [5.74, 6) is 2.85. The molecule has 2 aliphatic heterocycles. The minimum Gasteiger partial charge on any atom is -0.484 e. The molecule has 0 aromatic heterocycles. The first-order valence-electron chi connectivity index (χ1n) is 4.38. The molecule has 4 bridgehead atoms. The predicted molar refractivity (Wildman–Crippen MR) is 47.0 cm³/mol. The average Bonchev–Trinajstić information content (AvgIpc) is 2.82. The van der Waals surface area contributed by atoms with E-state index >= 15 is 0 Å². The van der Waals surface area contributed by atoms with Gasteiger partial charge in [-0.1, -0.05) is 24.3 Å². The molecule has 4 aliphatic rings. The SMILES string of the molecule is COC1=NC2C=C[C@@H]3C1[C@@H]3C=C2. The van der Waals surface area contributed by atoms with E-state index in [9.17, 15) is 0 Å². The van der Waals surface area contributed by atoms with Crippen molar-refractivity contribution in [2.45, 2.75) is 6.04 Å². The molecule has 2 nitrogen and oxygen atoms in total. The summed E-state index contributed by atoms with van der Waals surface area (Å²) in [5.41, 5.74) is 0. The number of aliphatic imine (C=N–C) groups is 1. The maximum atomic E-state index is 5.28. The first-order valence-corrected chi connectivity index (χ1v) is 4.38. The van der Waals surface area contributed by atoms with Crippen molar-refractivity contribution in [3.05, 3.63) is 24.3 Å². The molecular weight excluding hydrogens is 150 g/mol. The molecule has 0 spiro atoms. The number of ether oxygens (including phenoxy) is 1. The lowest BCUT2D eigenvalue weighted by atomic mass is 10.2. The van der Waals surface area contributed by atoms with Crippen molar-refractivity contribution in [2.75, 3.05) is 7.11 Å². The minimum absolute atomic E-state index is 0.236. The summed E-state index contributed by atoms with van der Waals surface area (Å²) in [4.78, 5) is 4.50. The highest BCUT2D eigenvalue weighted by Crippen LogP contribution is 2.52. The van der Waals surface area contributed by atoms with Crippen LogP contribution in [-0.2, 0) is 4.74 Å². The number of methoxy groups -OCH3 is 1. The second-order valence-electron chi connectivity index (χ2n) is 3.61. The molecule has 0 aromatic carbocycles. The first-order chi connectivity index (χ1) is 5.90. The molecule has 0 amide bonds. The highest BCUT2D eigenvalue weighted by molar-refractivity contribution is 5.84. The van der Waals surface area contributed by atoms with Gasteiger partial charge in [0.15, 0.2) is 5.90 Å². The third-order valence-corrected chi connectivity index (χ3v) is 2.96. The Morgan fingerprint density at radius 1 is 1.17 bits per heavy atom. The zero-order valence-electron chi connectivity index (χ0n) is 6.97. The molecule has 2 aliphatic carbocycles. The highest BCUT2D eigenvalue weighted by atomic mass is 16.5. The zero-order chi connectivity index (χ0) is 8.13. The summed E-state index contributed by atoms with van der Waals surface area (Å²) in [6, 6.07) is 0.236. The van der Waals surface area contributed by atoms with E-state index in [4.69, 9.17) is 4.74 Å². The van der Waals surface area contributed by atoms with Gasteiger partial charge in [-0.15, -0.1) is 0 Å². The van der Waals surface area contributed by atoms with Gasteiger partial charge >= 0.3 is 0 Å². The van der Waals surface area contributed by atoms with Crippen molar-refractivity contribution in [1.82, 2.24) is 0 Å². The predicted octanol–water partition coefficient (Wildman–Crippen LogP) is 1.40. The standard InChI is InChI=1S/C10H11NO/c1-12-10-9-7-4-2-6(11-10)3-5-8(7)9/h2-9H,1H3/t6?,7-,8+,9?. The largest absolute Gasteiger partial charge is 0.484 e. The van der Waals surface area contributed by atoms with Gasteiger partial charge in [0.25, 0.3) is 0 Å². The summed E-state index contributed by atoms with van der Waals surface area (Å²) >= 11 is 0. The van der Waals surface area contributed by atoms with Crippen molar-refractivity contribution in [3.8, 4) is 0 Å². The van der Waals surface area contributed by atoms with Gasteiger partial charge in [-0.2, -0.15) is 0 Å². The molecule has 4 rings (SSSR count). The summed E-state index contributed by atoms with van der Waals surface area (Å²) in [7, 11) is 1.72. The van der Waals surface area contributed by atoms with Crippen molar-refractivity contribution >= 4 is 5.90 Å². The molecule has 4 atom stereocenters. The molecule has 0 saturated heterocycles. The van der Waals surface area contributed by atoms with Gasteiger partial charge in [0, 0.05) is 5.92 Å². The van der Waals surface area contributed by atoms with E-state index in [0.717, 1.165) is 5.90 Å². The Hall–Kier alpha value is -1.05. The fourth-order valence-corrected chi connectivity index (χ4v) is 2.24. The second kappa shape index (κ2) is 2.00. The Bertz CT molecular complexity index is 283. The van der Waals surface area contributed by atoms with Crippen LogP contribution in [0.15, 0.2) is 29.3 Å². The van der Waals surface area contributed by atoms with Crippen molar-refractivity contribution in [1.29, 1.82) is 0 Å². The number of hydrogen-bond donors (Lipinski definition) is 0. The Balaban J connectivity index is 2.07. The average molecular weight is 161 g/mol. The lowest BCUT2D eigenvalue weighted by Gasteiger charge is -2.03. The van der Waals surface area contributed by atoms with Crippen molar-refractivity contribution < 1.29 is 4.74 Å². The molecule has 1 saturated carbocycles. The van der Waals surface area contributed by atoms with Gasteiger partial charge in [0.2, 0.25) is 0 Å². The Morgan fingerprint density at radius 3 is 2.42 bits per heavy atom. The fourth-order valence-electron chi connectivity index (χ4n) is 2.24. The normalized spacial score (nSPS) is 46.6. The molecule has 0 radical (unpaired) electrons. The summed E-state index contributed by atoms with van der Waals surface area (Å²) in [6.45, 7) is 0. The number of rotatable bonds is 0. The Kier molecular flexibility index (Phi) is 1.08. The van der Waals surface area contributed by atoms with Crippen molar-refractivity contribution in [2.24, 2.45) is 22.7 Å². The molecule has 62 valence electrons. The Labute approximate surface area is 71.6 Å². The van der Waals surface area contributed by atoms with E-state index in [1.807, 2.05) is 0 Å². The lowest BCUT2D eigenvalue weighted by Crippen LogP contribution is -2.07. The first kappa shape index (κ1) is 6.46. The van der Waals surface area contributed by atoms with Crippen LogP contribution in [0.1, 0.15) is 0 Å². The van der Waals surface area contributed by atoms with Gasteiger partial charge in [0.05, 0.1) is 13.2 Å². The molecular formula is C10H11NO. The van der Waals surface area contributed by atoms with Gasteiger partial charge in [-0.25, -0.2) is 4.99 Å². The van der Waals surface area contributed by atoms with Crippen LogP contribution >= 0.6 is 0 Å². The molecule has 0 aromatic rings. The fraction of sp³-hybridized carbons (Fsp3) is 0.500. The quantitative estimate of drug-likeness (QED) is 0.492. The molecule has 0 N–H and O–H groups in total. The molecule has 1 fully saturated rings. The van der Waals surface area contributed by atoms with Gasteiger partial charge in [-0.3, -0.25) is 0 Å². The van der Waals surface area contributed by atoms with Gasteiger partial charge in [-0.05, 0) is 11.8 Å². The summed E-state index contributed by atoms with van der Waals surface area (Å²) in [5, 5.41) is 0. The van der Waals surface area contributed by atoms with E-state index in [2.05, 4.69) is 29.3 Å². The van der Waals surface area contributed by atoms with Crippen molar-refractivity contribution in [3.63, 3.8) is 0 Å². The topological polar surface area (TPSA) is 21.6 Å². The van der Waals surface area contributed by atoms with E-state index in [1.165, 1.54) is 0 Å². The second-order valence-corrected chi connectivity index (χ2v) is 3.61. The van der Waals surface area contributed by atoms with Gasteiger partial charge < -0.3 is 4.74 Å². The summed E-state index contributed by atoms with van der Waals surface area (Å²) in [6.07, 6.45) is 8.92. The third-order valence-electron chi connectivity index (χ3n) is 2.96. The highest BCUT2D eigenvalue weighted by Gasteiger charge is 2.53. The minimum atomic E-state index is 0.236. The summed E-state index contributed by atoms with van der Waals surface area (Å²) < 4.78 is 5.28. The van der Waals surface area contributed by atoms with Crippen LogP contribution < -0.4 is 0 Å². The maximum absolute atomic E-state index is 5.28. The lowest BCUT2D eigenvalue weighted by molar-refractivity contribution is 0.382. The zero-order valence-corrected chi connectivity index (χ0v) is 6.97. The molecule has 2 unspecified atom stereocenters. The third kappa shape index (κ3) is 0.675. The smallest absolute Gasteiger partial charge is 0.188 e. The number of nitrogens with zero attached hydrogens (tertiary/aromatic N) is 1. The molecule has 12 heavy (non-hydrogen) atoms. The van der Waals surface area contributed by atoms with Crippen LogP contribution in [0, 0.1) is 17.8 Å². The van der Waals surface area contributed by atoms with E-state index < -0.39 is 0 Å². The van der Waals surface area contributed by atoms with Crippen LogP contribution in [-0.4, -0.2) is 19.0 Å². The van der Waals surface area contributed by atoms with E-state index in [-0.39, 0.29) is 6.04 Å². The van der Waals surface area contributed by atoms with E-state index in [1.54, 1.807) is 7.11 Å². The van der Waals surface area contributed by atoms with Crippen LogP contribution in [0.2, 0.25) is 0 Å². The van der Waals surface area contributed by atoms with Crippen LogP contribution in [0.25, 0.3) is 0 Å². The van der Waals surface area contributed by atoms with Crippen LogP contribution in [0.4, 0.5) is 0 Å². The Morgan fingerprint density at radius 2 is 1.83 bits per heavy atom. The number of allylic oxidation sites excluding steroid dienone is 2. The molecule has 2 heterocycles. The molecule has 2 heteroatoms. The number of hydrogen-bond acceptors (Lipinski definition) is 2. The van der Waals surface area contributed by atoms with Gasteiger partial charge in [0.1, 0.15) is 0 Å². The maximum Gasteiger partial charge on any atom is 0.188 e. The monoisotopic (exact) mass is 161 g/mol. The van der Waals surface area contributed by atoms with Crippen LogP contribution in [0.3, 0.4) is 0 Å². The van der Waals surface area contributed by atoms with Crippen LogP contribution in [0.5, 0.6) is 0 Å².